The third-order valence-corrected chi connectivity index (χ3v) is 21.9. The lowest BCUT2D eigenvalue weighted by Gasteiger charge is -2.20. The molecule has 382 valence electrons. The lowest BCUT2D eigenvalue weighted by Crippen LogP contribution is -2.24. The molecule has 16 rings (SSSR count). The first-order valence-corrected chi connectivity index (χ1v) is 30.6. The number of aromatic nitrogens is 4. The average Bonchev–Trinajstić information content (AvgIpc) is 3.52. The summed E-state index contributed by atoms with van der Waals surface area (Å²) in [5.74, 6) is 0. The molecule has 0 N–H and O–H groups in total. The van der Waals surface area contributed by atoms with Gasteiger partial charge in [-0.15, -0.1) is 0 Å². The Morgan fingerprint density at radius 2 is 0.531 bits per heavy atom. The molecule has 0 fully saturated rings. The van der Waals surface area contributed by atoms with Crippen molar-refractivity contribution in [3.05, 3.63) is 303 Å². The van der Waals surface area contributed by atoms with Crippen molar-refractivity contribution in [3.8, 4) is 22.7 Å². The van der Waals surface area contributed by atoms with Gasteiger partial charge >= 0.3 is 0 Å². The summed E-state index contributed by atoms with van der Waals surface area (Å²) in [4.78, 5) is 0. The van der Waals surface area contributed by atoms with E-state index in [1.807, 2.05) is 60.7 Å². The van der Waals surface area contributed by atoms with Gasteiger partial charge in [0.2, 0.25) is 0 Å². The summed E-state index contributed by atoms with van der Waals surface area (Å²) in [6.07, 6.45) is 0. The molecule has 0 aliphatic rings. The van der Waals surface area contributed by atoms with Crippen molar-refractivity contribution in [1.82, 2.24) is 18.3 Å². The van der Waals surface area contributed by atoms with E-state index < -0.39 is 15.1 Å². The van der Waals surface area contributed by atoms with Crippen molar-refractivity contribution in [2.45, 2.75) is 0 Å². The molecule has 4 aromatic heterocycles. The van der Waals surface area contributed by atoms with Crippen molar-refractivity contribution in [1.29, 1.82) is 0 Å². The third kappa shape index (κ3) is 7.40. The molecule has 7 heteroatoms. The van der Waals surface area contributed by atoms with Crippen LogP contribution >= 0.6 is 15.1 Å². The summed E-state index contributed by atoms with van der Waals surface area (Å²) in [6.45, 7) is 0. The molecule has 0 amide bonds. The molecule has 0 saturated heterocycles. The van der Waals surface area contributed by atoms with Gasteiger partial charge in [-0.25, -0.2) is 0 Å². The Labute approximate surface area is 469 Å². The van der Waals surface area contributed by atoms with E-state index in [1.54, 1.807) is 0 Å². The normalized spacial score (nSPS) is 12.1. The molecule has 0 aliphatic carbocycles. The number of hydrogen-bond donors (Lipinski definition) is 0. The van der Waals surface area contributed by atoms with Crippen molar-refractivity contribution in [2.75, 3.05) is 0 Å². The van der Waals surface area contributed by atoms with Crippen molar-refractivity contribution in [2.24, 2.45) is 0 Å². The van der Waals surface area contributed by atoms with Crippen molar-refractivity contribution < 1.29 is 4.57 Å². The Morgan fingerprint density at radius 1 is 0.235 bits per heavy atom. The summed E-state index contributed by atoms with van der Waals surface area (Å²) in [6, 6.07) is 109. The maximum Gasteiger partial charge on any atom is 0.171 e. The van der Waals surface area contributed by atoms with Crippen LogP contribution in [0.5, 0.6) is 0 Å². The van der Waals surface area contributed by atoms with Crippen LogP contribution in [0.2, 0.25) is 0 Å². The molecule has 81 heavy (non-hydrogen) atoms. The Hall–Kier alpha value is -9.76. The highest BCUT2D eigenvalue weighted by atomic mass is 31.2. The Morgan fingerprint density at radius 3 is 0.914 bits per heavy atom. The molecule has 0 atom stereocenters. The van der Waals surface area contributed by atoms with Crippen molar-refractivity contribution >= 4 is 123 Å². The van der Waals surface area contributed by atoms with E-state index in [1.165, 1.54) is 37.5 Å². The summed E-state index contributed by atoms with van der Waals surface area (Å²) in [5, 5.41) is 13.4. The molecule has 5 nitrogen and oxygen atoms in total. The van der Waals surface area contributed by atoms with Crippen LogP contribution in [0.1, 0.15) is 0 Å². The van der Waals surface area contributed by atoms with Crippen LogP contribution in [0.3, 0.4) is 0 Å². The number of fused-ring (bicyclic) bond motifs is 11. The van der Waals surface area contributed by atoms with Gasteiger partial charge in [0.1, 0.15) is 0 Å². The predicted molar refractivity (Wildman–Crippen MR) is 344 cm³/mol. The maximum atomic E-state index is 15.9. The van der Waals surface area contributed by atoms with Crippen molar-refractivity contribution in [3.63, 3.8) is 0 Å². The highest BCUT2D eigenvalue weighted by molar-refractivity contribution is 7.85. The topological polar surface area (TPSA) is 36.8 Å². The number of para-hydroxylation sites is 4. The fraction of sp³-hybridized carbons (Fsp3) is 0. The van der Waals surface area contributed by atoms with Gasteiger partial charge in [-0.05, 0) is 121 Å². The summed E-state index contributed by atoms with van der Waals surface area (Å²) in [7, 11) is -4.10. The quantitative estimate of drug-likeness (QED) is 0.126. The van der Waals surface area contributed by atoms with Crippen LogP contribution < -0.4 is 31.8 Å². The van der Waals surface area contributed by atoms with Crippen LogP contribution in [-0.2, 0) is 4.57 Å². The van der Waals surface area contributed by atoms with E-state index in [0.29, 0.717) is 0 Å². The number of nitrogens with zero attached hydrogens (tertiary/aromatic N) is 4. The lowest BCUT2D eigenvalue weighted by atomic mass is 10.2. The second kappa shape index (κ2) is 19.0. The first kappa shape index (κ1) is 47.3. The number of hydrogen-bond acceptors (Lipinski definition) is 1. The molecule has 0 radical (unpaired) electrons. The zero-order valence-electron chi connectivity index (χ0n) is 44.0. The zero-order valence-corrected chi connectivity index (χ0v) is 45.7. The van der Waals surface area contributed by atoms with E-state index in [4.69, 9.17) is 0 Å². The molecule has 4 heterocycles. The minimum atomic E-state index is -3.27. The van der Waals surface area contributed by atoms with Gasteiger partial charge in [-0.1, -0.05) is 206 Å². The third-order valence-electron chi connectivity index (χ3n) is 16.4. The fourth-order valence-electron chi connectivity index (χ4n) is 12.9. The largest absolute Gasteiger partial charge is 0.309 e. The van der Waals surface area contributed by atoms with E-state index in [9.17, 15) is 0 Å². The van der Waals surface area contributed by atoms with E-state index in [-0.39, 0.29) is 0 Å². The van der Waals surface area contributed by atoms with E-state index >= 15 is 4.57 Å². The number of rotatable bonds is 10. The van der Waals surface area contributed by atoms with Crippen LogP contribution in [0.4, 0.5) is 0 Å². The standard InChI is InChI=1S/C74H50N4OP2/c79-81(58-25-9-3-10-26-58,59-27-11-4-12-28-59)60-45-39-52(40-46-60)78-72-50-54(76-69-35-19-15-31-63(69)64-32-16-20-36-70(64)76)42-48-66(72)73-74(78)65-47-41-53(75-67-33-17-13-29-61(67)62-30-14-18-34-68(62)75)49-71(65)77(73)51-37-43-57(44-38-51)80(55-21-5-1-6-22-55)56-23-7-2-8-24-56/h1-50H. The van der Waals surface area contributed by atoms with Crippen LogP contribution in [0, 0.1) is 0 Å². The summed E-state index contributed by atoms with van der Waals surface area (Å²) in [5.41, 5.74) is 13.2. The van der Waals surface area contributed by atoms with Gasteiger partial charge in [-0.2, -0.15) is 0 Å². The van der Waals surface area contributed by atoms with Gasteiger partial charge in [0.25, 0.3) is 0 Å². The van der Waals surface area contributed by atoms with E-state index in [0.717, 1.165) is 93.6 Å². The minimum absolute atomic E-state index is 0.784. The SMILES string of the molecule is O=P(c1ccccc1)(c1ccccc1)c1ccc(-n2c3cc(-n4c5ccccc5c5ccccc54)ccc3c3c2c2ccc(-n4c5ccccc5c5ccccc54)cc2n3-c2ccc(P(c3ccccc3)c3ccccc3)cc2)cc1. The number of benzene rings is 12. The van der Waals surface area contributed by atoms with Crippen LogP contribution in [-0.4, -0.2) is 18.3 Å². The zero-order chi connectivity index (χ0) is 53.6. The highest BCUT2D eigenvalue weighted by Gasteiger charge is 2.31. The molecule has 0 spiro atoms. The fourth-order valence-corrected chi connectivity index (χ4v) is 17.8. The van der Waals surface area contributed by atoms with Gasteiger partial charge in [0.15, 0.2) is 7.14 Å². The van der Waals surface area contributed by atoms with Crippen LogP contribution in [0.25, 0.3) is 99.2 Å². The lowest BCUT2D eigenvalue weighted by molar-refractivity contribution is 0.592. The Bertz CT molecular complexity index is 4920. The maximum absolute atomic E-state index is 15.9. The van der Waals surface area contributed by atoms with Gasteiger partial charge < -0.3 is 22.8 Å². The monoisotopic (exact) mass is 1070 g/mol. The molecule has 12 aromatic carbocycles. The van der Waals surface area contributed by atoms with Gasteiger partial charge in [-0.3, -0.25) is 0 Å². The summed E-state index contributed by atoms with van der Waals surface area (Å²) < 4.78 is 25.7. The predicted octanol–water partition coefficient (Wildman–Crippen LogP) is 16.3. The highest BCUT2D eigenvalue weighted by Crippen LogP contribution is 2.46. The second-order valence-corrected chi connectivity index (χ2v) is 25.8. The molecule has 0 unspecified atom stereocenters. The molecular weight excluding hydrogens is 1020 g/mol. The molecule has 0 bridgehead atoms. The molecular formula is C74H50N4OP2. The molecule has 0 aliphatic heterocycles. The summed E-state index contributed by atoms with van der Waals surface area (Å²) >= 11 is 0. The molecule has 16 aromatic rings. The van der Waals surface area contributed by atoms with Gasteiger partial charge in [0, 0.05) is 71.0 Å². The first-order chi connectivity index (χ1) is 40.1. The Balaban J connectivity index is 0.988. The van der Waals surface area contributed by atoms with E-state index in [2.05, 4.69) is 261 Å². The minimum Gasteiger partial charge on any atom is -0.309 e. The molecule has 0 saturated carbocycles. The van der Waals surface area contributed by atoms with Crippen LogP contribution in [0.15, 0.2) is 303 Å². The first-order valence-electron chi connectivity index (χ1n) is 27.5. The average molecular weight is 1070 g/mol. The smallest absolute Gasteiger partial charge is 0.171 e. The Kier molecular flexibility index (Phi) is 11.1. The second-order valence-electron chi connectivity index (χ2n) is 20.8. The van der Waals surface area contributed by atoms with Gasteiger partial charge in [0.05, 0.1) is 44.1 Å².